The van der Waals surface area contributed by atoms with Crippen molar-refractivity contribution in [3.05, 3.63) is 60.7 Å². The SMILES string of the molecule is [Cu+].[Ni+2].[O-]c1ccccc1.[O-]c1ccccc1. The minimum atomic E-state index is 0. The molecule has 0 unspecified atom stereocenters. The molecule has 0 atom stereocenters. The van der Waals surface area contributed by atoms with Crippen LogP contribution in [-0.2, 0) is 33.6 Å². The number of rotatable bonds is 0. The Morgan fingerprint density at radius 2 is 0.812 bits per heavy atom. The van der Waals surface area contributed by atoms with E-state index in [1.165, 1.54) is 24.3 Å². The molecule has 0 aromatic heterocycles. The molecule has 0 saturated carbocycles. The van der Waals surface area contributed by atoms with E-state index in [0.717, 1.165) is 0 Å². The van der Waals surface area contributed by atoms with Gasteiger partial charge in [0.2, 0.25) is 0 Å². The van der Waals surface area contributed by atoms with Crippen LogP contribution in [0.3, 0.4) is 0 Å². The van der Waals surface area contributed by atoms with Gasteiger partial charge in [-0.2, -0.15) is 0 Å². The summed E-state index contributed by atoms with van der Waals surface area (Å²) in [6.45, 7) is 0. The quantitative estimate of drug-likeness (QED) is 0.693. The van der Waals surface area contributed by atoms with E-state index in [2.05, 4.69) is 0 Å². The summed E-state index contributed by atoms with van der Waals surface area (Å²) >= 11 is 0. The Balaban J connectivity index is 0. The van der Waals surface area contributed by atoms with Crippen molar-refractivity contribution in [1.29, 1.82) is 0 Å². The molecule has 2 rings (SSSR count). The molecule has 0 aliphatic heterocycles. The van der Waals surface area contributed by atoms with Crippen molar-refractivity contribution in [3.8, 4) is 11.5 Å². The van der Waals surface area contributed by atoms with Gasteiger partial charge >= 0.3 is 33.6 Å². The molecule has 0 bridgehead atoms. The molecule has 16 heavy (non-hydrogen) atoms. The predicted molar refractivity (Wildman–Crippen MR) is 51.8 cm³/mol. The molecule has 0 spiro atoms. The topological polar surface area (TPSA) is 46.1 Å². The number of benzene rings is 2. The van der Waals surface area contributed by atoms with E-state index in [1.54, 1.807) is 24.3 Å². The van der Waals surface area contributed by atoms with Crippen LogP contribution in [0.2, 0.25) is 0 Å². The molecule has 0 radical (unpaired) electrons. The number of para-hydroxylation sites is 2. The van der Waals surface area contributed by atoms with Crippen LogP contribution in [0.15, 0.2) is 60.7 Å². The van der Waals surface area contributed by atoms with Gasteiger partial charge in [-0.25, -0.2) is 0 Å². The van der Waals surface area contributed by atoms with Gasteiger partial charge in [0, 0.05) is 0 Å². The van der Waals surface area contributed by atoms with E-state index in [1.807, 2.05) is 12.1 Å². The van der Waals surface area contributed by atoms with E-state index >= 15 is 0 Å². The van der Waals surface area contributed by atoms with E-state index in [0.29, 0.717) is 0 Å². The van der Waals surface area contributed by atoms with Gasteiger partial charge in [-0.3, -0.25) is 0 Å². The van der Waals surface area contributed by atoms with Crippen molar-refractivity contribution >= 4 is 0 Å². The molecule has 0 aliphatic carbocycles. The molecule has 0 N–H and O–H groups in total. The minimum Gasteiger partial charge on any atom is -0.872 e. The van der Waals surface area contributed by atoms with Crippen molar-refractivity contribution < 1.29 is 43.8 Å². The maximum atomic E-state index is 10.3. The van der Waals surface area contributed by atoms with Crippen molar-refractivity contribution in [2.45, 2.75) is 0 Å². The first-order valence-electron chi connectivity index (χ1n) is 4.23. The van der Waals surface area contributed by atoms with Gasteiger partial charge in [-0.15, -0.1) is 11.5 Å². The van der Waals surface area contributed by atoms with Crippen molar-refractivity contribution in [2.75, 3.05) is 0 Å². The third-order valence-electron chi connectivity index (χ3n) is 1.49. The Hall–Kier alpha value is -0.947. The van der Waals surface area contributed by atoms with E-state index in [-0.39, 0.29) is 45.1 Å². The summed E-state index contributed by atoms with van der Waals surface area (Å²) in [6.07, 6.45) is 0. The van der Waals surface area contributed by atoms with Crippen molar-refractivity contribution in [1.82, 2.24) is 0 Å². The first kappa shape index (κ1) is 17.4. The maximum Gasteiger partial charge on any atom is 2.00 e. The molecular weight excluding hydrogens is 298 g/mol. The average Bonchev–Trinajstić information content (AvgIpc) is 2.21. The molecule has 0 saturated heterocycles. The van der Waals surface area contributed by atoms with Gasteiger partial charge in [-0.1, -0.05) is 60.7 Å². The second-order valence-electron chi connectivity index (χ2n) is 2.63. The van der Waals surface area contributed by atoms with Crippen molar-refractivity contribution in [3.63, 3.8) is 0 Å². The molecule has 0 amide bonds. The predicted octanol–water partition coefficient (Wildman–Crippen LogP) is 1.52. The molecular formula is C12H10CuNiO2+. The zero-order valence-corrected chi connectivity index (χ0v) is 10.1. The van der Waals surface area contributed by atoms with Gasteiger partial charge < -0.3 is 10.2 Å². The molecule has 2 aromatic carbocycles. The van der Waals surface area contributed by atoms with Gasteiger partial charge in [0.1, 0.15) is 0 Å². The van der Waals surface area contributed by atoms with Crippen LogP contribution >= 0.6 is 0 Å². The largest absolute Gasteiger partial charge is 2.00 e. The molecule has 0 aliphatic rings. The Morgan fingerprint density at radius 3 is 0.938 bits per heavy atom. The summed E-state index contributed by atoms with van der Waals surface area (Å²) < 4.78 is 0. The van der Waals surface area contributed by atoms with Gasteiger partial charge in [0.15, 0.2) is 0 Å². The third kappa shape index (κ3) is 8.37. The van der Waals surface area contributed by atoms with Crippen LogP contribution in [0, 0.1) is 0 Å². The molecule has 4 heteroatoms. The normalized spacial score (nSPS) is 7.50. The second-order valence-corrected chi connectivity index (χ2v) is 2.63. The molecule has 2 nitrogen and oxygen atoms in total. The Kier molecular flexibility index (Phi) is 11.5. The first-order valence-corrected chi connectivity index (χ1v) is 4.23. The summed E-state index contributed by atoms with van der Waals surface area (Å²) in [5.41, 5.74) is 0. The Morgan fingerprint density at radius 1 is 0.562 bits per heavy atom. The standard InChI is InChI=1S/2C6H6O.Cu.Ni/c2*7-6-4-2-1-3-5-6;;/h2*1-5,7H;;/q;;+1;+2/p-2. The summed E-state index contributed by atoms with van der Waals surface area (Å²) in [5.74, 6) is 0.144. The third-order valence-corrected chi connectivity index (χ3v) is 1.49. The minimum absolute atomic E-state index is 0. The van der Waals surface area contributed by atoms with E-state index in [9.17, 15) is 10.2 Å². The number of hydrogen-bond acceptors (Lipinski definition) is 2. The zero-order valence-electron chi connectivity index (χ0n) is 8.21. The van der Waals surface area contributed by atoms with Crippen LogP contribution in [-0.4, -0.2) is 0 Å². The molecule has 0 heterocycles. The van der Waals surface area contributed by atoms with Gasteiger partial charge in [0.25, 0.3) is 0 Å². The maximum absolute atomic E-state index is 10.3. The molecule has 0 fully saturated rings. The van der Waals surface area contributed by atoms with Crippen LogP contribution in [0.25, 0.3) is 0 Å². The van der Waals surface area contributed by atoms with E-state index in [4.69, 9.17) is 0 Å². The Bertz CT molecular complexity index is 316. The fourth-order valence-electron chi connectivity index (χ4n) is 0.841. The summed E-state index contributed by atoms with van der Waals surface area (Å²) in [4.78, 5) is 0. The number of hydrogen-bond donors (Lipinski definition) is 0. The zero-order chi connectivity index (χ0) is 10.2. The van der Waals surface area contributed by atoms with Crippen LogP contribution in [0.1, 0.15) is 0 Å². The second kappa shape index (κ2) is 10.6. The smallest absolute Gasteiger partial charge is 0.872 e. The van der Waals surface area contributed by atoms with Gasteiger partial charge in [-0.05, 0) is 0 Å². The van der Waals surface area contributed by atoms with Gasteiger partial charge in [0.05, 0.1) is 0 Å². The Labute approximate surface area is 116 Å². The van der Waals surface area contributed by atoms with E-state index < -0.39 is 0 Å². The van der Waals surface area contributed by atoms with Crippen LogP contribution in [0.4, 0.5) is 0 Å². The molecule has 90 valence electrons. The monoisotopic (exact) mass is 307 g/mol. The first-order chi connectivity index (χ1) is 6.79. The molecule has 2 aromatic rings. The summed E-state index contributed by atoms with van der Waals surface area (Å²) in [7, 11) is 0. The average molecular weight is 308 g/mol. The van der Waals surface area contributed by atoms with Crippen LogP contribution in [0.5, 0.6) is 11.5 Å². The van der Waals surface area contributed by atoms with Crippen LogP contribution < -0.4 is 10.2 Å². The fraction of sp³-hybridized carbons (Fsp3) is 0. The fourth-order valence-corrected chi connectivity index (χ4v) is 0.841. The van der Waals surface area contributed by atoms with Crippen molar-refractivity contribution in [2.24, 2.45) is 0 Å². The summed E-state index contributed by atoms with van der Waals surface area (Å²) in [5, 5.41) is 20.5. The summed E-state index contributed by atoms with van der Waals surface area (Å²) in [6, 6.07) is 16.7.